The lowest BCUT2D eigenvalue weighted by Gasteiger charge is -2.07. The molecule has 1 amide bonds. The number of rotatable bonds is 5. The van der Waals surface area contributed by atoms with Gasteiger partial charge in [-0.25, -0.2) is 13.1 Å². The number of hydrogen-bond acceptors (Lipinski definition) is 3. The van der Waals surface area contributed by atoms with Crippen LogP contribution in [0.25, 0.3) is 0 Å². The molecule has 0 saturated carbocycles. The Morgan fingerprint density at radius 2 is 2.11 bits per heavy atom. The predicted molar refractivity (Wildman–Crippen MR) is 79.3 cm³/mol. The summed E-state index contributed by atoms with van der Waals surface area (Å²) in [6, 6.07) is 4.96. The van der Waals surface area contributed by atoms with Crippen molar-refractivity contribution in [3.8, 4) is 0 Å². The van der Waals surface area contributed by atoms with Crippen LogP contribution in [0, 0.1) is 3.57 Å². The van der Waals surface area contributed by atoms with E-state index in [1.807, 2.05) is 22.6 Å². The van der Waals surface area contributed by atoms with Crippen molar-refractivity contribution in [2.45, 2.75) is 0 Å². The molecule has 0 aliphatic rings. The minimum absolute atomic E-state index is 0.0462. The fraction of sp³-hybridized carbons (Fsp3) is 0.300. The highest BCUT2D eigenvalue weighted by atomic mass is 127. The molecule has 18 heavy (non-hydrogen) atoms. The molecule has 1 aromatic carbocycles. The molecule has 0 spiro atoms. The van der Waals surface area contributed by atoms with Crippen molar-refractivity contribution in [2.75, 3.05) is 19.3 Å². The first-order valence-electron chi connectivity index (χ1n) is 5.00. The molecule has 0 aromatic heterocycles. The molecule has 5 nitrogen and oxygen atoms in total. The third-order valence-corrected chi connectivity index (χ3v) is 4.68. The van der Waals surface area contributed by atoms with Gasteiger partial charge in [0, 0.05) is 15.1 Å². The predicted octanol–water partition coefficient (Wildman–Crippen LogP) is 1.22. The summed E-state index contributed by atoms with van der Waals surface area (Å²) in [4.78, 5) is 11.8. The van der Waals surface area contributed by atoms with Crippen molar-refractivity contribution >= 4 is 50.1 Å². The van der Waals surface area contributed by atoms with Gasteiger partial charge in [-0.05, 0) is 47.8 Å². The van der Waals surface area contributed by atoms with Gasteiger partial charge in [0.25, 0.3) is 5.91 Å². The number of sulfonamides is 1. The Morgan fingerprint density at radius 3 is 2.72 bits per heavy atom. The quantitative estimate of drug-likeness (QED) is 0.727. The maximum atomic E-state index is 11.8. The van der Waals surface area contributed by atoms with Crippen LogP contribution in [-0.4, -0.2) is 33.7 Å². The van der Waals surface area contributed by atoms with Crippen LogP contribution >= 0.6 is 34.2 Å². The topological polar surface area (TPSA) is 75.3 Å². The van der Waals surface area contributed by atoms with Crippen molar-refractivity contribution < 1.29 is 13.2 Å². The summed E-state index contributed by atoms with van der Waals surface area (Å²) in [6.45, 7) is 0.0462. The van der Waals surface area contributed by atoms with Gasteiger partial charge in [0.1, 0.15) is 0 Å². The SMILES string of the molecule is CNS(=O)(=O)CCNC(=O)c1cc(Cl)ccc1I. The zero-order valence-corrected chi connectivity index (χ0v) is 13.3. The number of amides is 1. The van der Waals surface area contributed by atoms with Gasteiger partial charge in [-0.15, -0.1) is 0 Å². The highest BCUT2D eigenvalue weighted by Crippen LogP contribution is 2.17. The van der Waals surface area contributed by atoms with Gasteiger partial charge in [0.2, 0.25) is 10.0 Å². The van der Waals surface area contributed by atoms with Gasteiger partial charge in [0.05, 0.1) is 11.3 Å². The first-order valence-corrected chi connectivity index (χ1v) is 8.11. The fourth-order valence-corrected chi connectivity index (χ4v) is 2.50. The third kappa shape index (κ3) is 4.71. The third-order valence-electron chi connectivity index (χ3n) is 2.14. The average molecular weight is 403 g/mol. The standard InChI is InChI=1S/C10H12ClIN2O3S/c1-13-18(16,17)5-4-14-10(15)8-6-7(11)2-3-9(8)12/h2-3,6,13H,4-5H2,1H3,(H,14,15). The molecule has 0 heterocycles. The van der Waals surface area contributed by atoms with Crippen molar-refractivity contribution in [3.05, 3.63) is 32.4 Å². The lowest BCUT2D eigenvalue weighted by Crippen LogP contribution is -2.33. The van der Waals surface area contributed by atoms with Gasteiger partial charge >= 0.3 is 0 Å². The molecule has 1 rings (SSSR count). The summed E-state index contributed by atoms with van der Waals surface area (Å²) < 4.78 is 25.2. The van der Waals surface area contributed by atoms with Crippen LogP contribution in [0.2, 0.25) is 5.02 Å². The second kappa shape index (κ2) is 6.69. The highest BCUT2D eigenvalue weighted by molar-refractivity contribution is 14.1. The first kappa shape index (κ1) is 15.7. The number of hydrogen-bond donors (Lipinski definition) is 2. The summed E-state index contributed by atoms with van der Waals surface area (Å²) in [5.74, 6) is -0.500. The van der Waals surface area contributed by atoms with E-state index in [1.54, 1.807) is 18.2 Å². The minimum Gasteiger partial charge on any atom is -0.351 e. The molecule has 0 atom stereocenters. The van der Waals surface area contributed by atoms with E-state index < -0.39 is 10.0 Å². The summed E-state index contributed by atoms with van der Waals surface area (Å²) in [5.41, 5.74) is 0.435. The van der Waals surface area contributed by atoms with Crippen molar-refractivity contribution in [1.82, 2.24) is 10.0 Å². The van der Waals surface area contributed by atoms with E-state index in [1.165, 1.54) is 7.05 Å². The number of halogens is 2. The van der Waals surface area contributed by atoms with Gasteiger partial charge in [-0.1, -0.05) is 11.6 Å². The average Bonchev–Trinajstić information content (AvgIpc) is 2.32. The largest absolute Gasteiger partial charge is 0.351 e. The Morgan fingerprint density at radius 1 is 1.44 bits per heavy atom. The molecule has 1 aromatic rings. The molecule has 0 aliphatic carbocycles. The molecular weight excluding hydrogens is 391 g/mol. The van der Waals surface area contributed by atoms with Crippen LogP contribution in [-0.2, 0) is 10.0 Å². The van der Waals surface area contributed by atoms with E-state index in [0.717, 1.165) is 3.57 Å². The second-order valence-corrected chi connectivity index (χ2v) is 7.05. The van der Waals surface area contributed by atoms with Gasteiger partial charge in [-0.3, -0.25) is 4.79 Å². The van der Waals surface area contributed by atoms with E-state index >= 15 is 0 Å². The van der Waals surface area contributed by atoms with Crippen molar-refractivity contribution in [2.24, 2.45) is 0 Å². The Bertz CT molecular complexity index is 548. The Balaban J connectivity index is 2.64. The molecule has 2 N–H and O–H groups in total. The monoisotopic (exact) mass is 402 g/mol. The molecule has 8 heteroatoms. The maximum Gasteiger partial charge on any atom is 0.252 e. The molecule has 0 saturated heterocycles. The number of carbonyl (C=O) groups excluding carboxylic acids is 1. The Labute approximate surface area is 124 Å². The van der Waals surface area contributed by atoms with Crippen LogP contribution in [0.15, 0.2) is 18.2 Å². The van der Waals surface area contributed by atoms with E-state index in [-0.39, 0.29) is 18.2 Å². The summed E-state index contributed by atoms with van der Waals surface area (Å²) in [7, 11) is -1.98. The van der Waals surface area contributed by atoms with Gasteiger partial charge in [0.15, 0.2) is 0 Å². The minimum atomic E-state index is -3.31. The van der Waals surface area contributed by atoms with E-state index in [0.29, 0.717) is 10.6 Å². The molecule has 0 radical (unpaired) electrons. The lowest BCUT2D eigenvalue weighted by molar-refractivity contribution is 0.0955. The smallest absolute Gasteiger partial charge is 0.252 e. The molecule has 0 aliphatic heterocycles. The molecular formula is C10H12ClIN2O3S. The van der Waals surface area contributed by atoms with Crippen molar-refractivity contribution in [1.29, 1.82) is 0 Å². The van der Waals surface area contributed by atoms with E-state index in [4.69, 9.17) is 11.6 Å². The normalized spacial score (nSPS) is 11.3. The van der Waals surface area contributed by atoms with Crippen LogP contribution in [0.5, 0.6) is 0 Å². The fourth-order valence-electron chi connectivity index (χ4n) is 1.17. The number of nitrogens with one attached hydrogen (secondary N) is 2. The summed E-state index contributed by atoms with van der Waals surface area (Å²) in [6.07, 6.45) is 0. The number of carbonyl (C=O) groups is 1. The highest BCUT2D eigenvalue weighted by Gasteiger charge is 2.12. The second-order valence-electron chi connectivity index (χ2n) is 3.40. The number of benzene rings is 1. The van der Waals surface area contributed by atoms with Crippen LogP contribution in [0.3, 0.4) is 0 Å². The molecule has 0 bridgehead atoms. The summed E-state index contributed by atoms with van der Waals surface area (Å²) in [5, 5.41) is 3.00. The van der Waals surface area contributed by atoms with E-state index in [2.05, 4.69) is 10.0 Å². The summed E-state index contributed by atoms with van der Waals surface area (Å²) >= 11 is 7.82. The van der Waals surface area contributed by atoms with Gasteiger partial charge in [-0.2, -0.15) is 0 Å². The maximum absolute atomic E-state index is 11.8. The molecule has 100 valence electrons. The van der Waals surface area contributed by atoms with Crippen LogP contribution < -0.4 is 10.0 Å². The lowest BCUT2D eigenvalue weighted by atomic mass is 10.2. The zero-order valence-electron chi connectivity index (χ0n) is 9.54. The Kier molecular flexibility index (Phi) is 5.83. The molecule has 0 unspecified atom stereocenters. The van der Waals surface area contributed by atoms with Crippen LogP contribution in [0.1, 0.15) is 10.4 Å². The van der Waals surface area contributed by atoms with Gasteiger partial charge < -0.3 is 5.32 Å². The Hall–Kier alpha value is -0.380. The van der Waals surface area contributed by atoms with Crippen molar-refractivity contribution in [3.63, 3.8) is 0 Å². The molecule has 0 fully saturated rings. The van der Waals surface area contributed by atoms with Crippen LogP contribution in [0.4, 0.5) is 0 Å². The zero-order chi connectivity index (χ0) is 13.8. The van der Waals surface area contributed by atoms with E-state index in [9.17, 15) is 13.2 Å². The first-order chi connectivity index (χ1) is 8.35.